The van der Waals surface area contributed by atoms with Crippen LogP contribution in [0.3, 0.4) is 0 Å². The fraction of sp³-hybridized carbons (Fsp3) is 0.115. The molecule has 2 N–H and O–H groups in total. The zero-order valence-corrected chi connectivity index (χ0v) is 17.9. The number of ether oxygens (including phenoxy) is 1. The normalized spacial score (nSPS) is 10.9. The van der Waals surface area contributed by atoms with Gasteiger partial charge in [-0.2, -0.15) is 0 Å². The number of rotatable bonds is 8. The van der Waals surface area contributed by atoms with Gasteiger partial charge in [-0.3, -0.25) is 14.4 Å². The molecule has 0 atom stereocenters. The number of nitrogens with one attached hydrogen (secondary N) is 2. The topological polar surface area (TPSA) is 84.5 Å². The first-order chi connectivity index (χ1) is 15.4. The summed E-state index contributed by atoms with van der Waals surface area (Å²) in [5, 5.41) is 5.42. The van der Waals surface area contributed by atoms with Crippen LogP contribution in [0.2, 0.25) is 0 Å². The molecule has 6 nitrogen and oxygen atoms in total. The van der Waals surface area contributed by atoms with Crippen molar-refractivity contribution in [2.45, 2.75) is 20.5 Å². The number of carbonyl (C=O) groups is 3. The Morgan fingerprint density at radius 1 is 0.781 bits per heavy atom. The smallest absolute Gasteiger partial charge is 0.251 e. The van der Waals surface area contributed by atoms with Crippen molar-refractivity contribution in [3.63, 3.8) is 0 Å². The van der Waals surface area contributed by atoms with E-state index in [9.17, 15) is 14.4 Å². The molecule has 0 fully saturated rings. The SMILES string of the molecule is CC(=O)c1ccc(NC(=O)/C(C)=C\C(=O)Nc2ccc(OCc3ccccc3)cc2)cc1. The molecule has 0 radical (unpaired) electrons. The number of hydrogen-bond donors (Lipinski definition) is 2. The molecule has 0 heterocycles. The number of hydrogen-bond acceptors (Lipinski definition) is 4. The van der Waals surface area contributed by atoms with Crippen molar-refractivity contribution in [3.8, 4) is 5.75 Å². The summed E-state index contributed by atoms with van der Waals surface area (Å²) in [5.41, 5.74) is 3.01. The summed E-state index contributed by atoms with van der Waals surface area (Å²) in [7, 11) is 0. The average Bonchev–Trinajstić information content (AvgIpc) is 2.79. The van der Waals surface area contributed by atoms with Gasteiger partial charge in [-0.15, -0.1) is 0 Å². The Balaban J connectivity index is 1.51. The number of ketones is 1. The van der Waals surface area contributed by atoms with E-state index in [1.165, 1.54) is 13.0 Å². The summed E-state index contributed by atoms with van der Waals surface area (Å²) in [4.78, 5) is 35.9. The van der Waals surface area contributed by atoms with Gasteiger partial charge in [0, 0.05) is 28.6 Å². The molecule has 0 unspecified atom stereocenters. The maximum atomic E-state index is 12.3. The maximum Gasteiger partial charge on any atom is 0.251 e. The van der Waals surface area contributed by atoms with Crippen molar-refractivity contribution in [1.29, 1.82) is 0 Å². The van der Waals surface area contributed by atoms with E-state index in [4.69, 9.17) is 4.74 Å². The van der Waals surface area contributed by atoms with E-state index in [2.05, 4.69) is 10.6 Å². The molecule has 32 heavy (non-hydrogen) atoms. The zero-order chi connectivity index (χ0) is 22.9. The molecule has 3 rings (SSSR count). The summed E-state index contributed by atoms with van der Waals surface area (Å²) in [6.45, 7) is 3.49. The summed E-state index contributed by atoms with van der Waals surface area (Å²) < 4.78 is 5.73. The zero-order valence-electron chi connectivity index (χ0n) is 17.9. The predicted molar refractivity (Wildman–Crippen MR) is 125 cm³/mol. The van der Waals surface area contributed by atoms with E-state index >= 15 is 0 Å². The first kappa shape index (κ1) is 22.5. The summed E-state index contributed by atoms with van der Waals surface area (Å²) >= 11 is 0. The van der Waals surface area contributed by atoms with Crippen LogP contribution in [-0.4, -0.2) is 17.6 Å². The maximum absolute atomic E-state index is 12.3. The fourth-order valence-electron chi connectivity index (χ4n) is 2.83. The molecule has 0 spiro atoms. The second kappa shape index (κ2) is 10.7. The number of carbonyl (C=O) groups excluding carboxylic acids is 3. The van der Waals surface area contributed by atoms with Gasteiger partial charge in [0.05, 0.1) is 0 Å². The van der Waals surface area contributed by atoms with Gasteiger partial charge in [-0.05, 0) is 67.9 Å². The Hall–Kier alpha value is -4.19. The molecule has 0 aliphatic rings. The third-order valence-corrected chi connectivity index (χ3v) is 4.63. The first-order valence-corrected chi connectivity index (χ1v) is 10.1. The highest BCUT2D eigenvalue weighted by Gasteiger charge is 2.08. The Bertz CT molecular complexity index is 1120. The van der Waals surface area contributed by atoms with Gasteiger partial charge in [-0.1, -0.05) is 30.3 Å². The van der Waals surface area contributed by atoms with Crippen LogP contribution in [0, 0.1) is 0 Å². The van der Waals surface area contributed by atoms with Crippen LogP contribution >= 0.6 is 0 Å². The molecule has 0 aromatic heterocycles. The Kier molecular flexibility index (Phi) is 7.54. The van der Waals surface area contributed by atoms with Gasteiger partial charge in [-0.25, -0.2) is 0 Å². The average molecular weight is 428 g/mol. The lowest BCUT2D eigenvalue weighted by Gasteiger charge is -2.08. The first-order valence-electron chi connectivity index (χ1n) is 10.1. The van der Waals surface area contributed by atoms with Crippen LogP contribution in [0.25, 0.3) is 0 Å². The summed E-state index contributed by atoms with van der Waals surface area (Å²) in [5.74, 6) is -0.178. The monoisotopic (exact) mass is 428 g/mol. The van der Waals surface area contributed by atoms with Gasteiger partial charge in [0.1, 0.15) is 12.4 Å². The van der Waals surface area contributed by atoms with Gasteiger partial charge < -0.3 is 15.4 Å². The van der Waals surface area contributed by atoms with Crippen molar-refractivity contribution >= 4 is 29.0 Å². The molecule has 2 amide bonds. The lowest BCUT2D eigenvalue weighted by molar-refractivity contribution is -0.114. The minimum absolute atomic E-state index is 0.0496. The molecule has 0 aliphatic carbocycles. The number of anilines is 2. The molecule has 0 saturated carbocycles. The Morgan fingerprint density at radius 2 is 1.38 bits per heavy atom. The third kappa shape index (κ3) is 6.67. The summed E-state index contributed by atoms with van der Waals surface area (Å²) in [6.07, 6.45) is 1.24. The van der Waals surface area contributed by atoms with Crippen LogP contribution in [0.4, 0.5) is 11.4 Å². The standard InChI is InChI=1S/C26H24N2O4/c1-18(26(31)28-23-10-8-21(9-11-23)19(2)29)16-25(30)27-22-12-14-24(15-13-22)32-17-20-6-4-3-5-7-20/h3-16H,17H2,1-2H3,(H,27,30)(H,28,31)/b18-16-. The Morgan fingerprint density at radius 3 is 2.00 bits per heavy atom. The van der Waals surface area contributed by atoms with E-state index in [0.29, 0.717) is 29.3 Å². The van der Waals surface area contributed by atoms with Crippen molar-refractivity contribution in [2.75, 3.05) is 10.6 Å². The van der Waals surface area contributed by atoms with Crippen LogP contribution in [0.1, 0.15) is 29.8 Å². The van der Waals surface area contributed by atoms with Crippen LogP contribution in [0.5, 0.6) is 5.75 Å². The van der Waals surface area contributed by atoms with E-state index in [-0.39, 0.29) is 11.4 Å². The van der Waals surface area contributed by atoms with E-state index in [1.54, 1.807) is 55.5 Å². The molecular weight excluding hydrogens is 404 g/mol. The van der Waals surface area contributed by atoms with Gasteiger partial charge >= 0.3 is 0 Å². The quantitative estimate of drug-likeness (QED) is 0.391. The molecular formula is C26H24N2O4. The van der Waals surface area contributed by atoms with Crippen molar-refractivity contribution in [3.05, 3.63) is 102 Å². The number of Topliss-reactive ketones (excluding diaryl/α,β-unsaturated/α-hetero) is 1. The lowest BCUT2D eigenvalue weighted by Crippen LogP contribution is -2.16. The van der Waals surface area contributed by atoms with Gasteiger partial charge in [0.2, 0.25) is 5.91 Å². The van der Waals surface area contributed by atoms with E-state index in [1.807, 2.05) is 30.3 Å². The highest BCUT2D eigenvalue weighted by molar-refractivity contribution is 6.10. The third-order valence-electron chi connectivity index (χ3n) is 4.63. The molecule has 0 aliphatic heterocycles. The summed E-state index contributed by atoms with van der Waals surface area (Å²) in [6, 6.07) is 23.4. The van der Waals surface area contributed by atoms with E-state index in [0.717, 1.165) is 5.56 Å². The Labute approximate surface area is 186 Å². The van der Waals surface area contributed by atoms with Crippen molar-refractivity contribution in [1.82, 2.24) is 0 Å². The molecule has 3 aromatic carbocycles. The highest BCUT2D eigenvalue weighted by atomic mass is 16.5. The largest absolute Gasteiger partial charge is 0.489 e. The van der Waals surface area contributed by atoms with Crippen molar-refractivity contribution in [2.24, 2.45) is 0 Å². The van der Waals surface area contributed by atoms with Crippen molar-refractivity contribution < 1.29 is 19.1 Å². The van der Waals surface area contributed by atoms with Crippen LogP contribution in [-0.2, 0) is 16.2 Å². The predicted octanol–water partition coefficient (Wildman–Crippen LogP) is 4.99. The van der Waals surface area contributed by atoms with Gasteiger partial charge in [0.15, 0.2) is 5.78 Å². The highest BCUT2D eigenvalue weighted by Crippen LogP contribution is 2.17. The minimum atomic E-state index is -0.414. The van der Waals surface area contributed by atoms with Gasteiger partial charge in [0.25, 0.3) is 5.91 Å². The number of benzene rings is 3. The van der Waals surface area contributed by atoms with Crippen LogP contribution < -0.4 is 15.4 Å². The number of amides is 2. The molecule has 3 aromatic rings. The second-order valence-electron chi connectivity index (χ2n) is 7.20. The van der Waals surface area contributed by atoms with E-state index < -0.39 is 11.8 Å². The lowest BCUT2D eigenvalue weighted by atomic mass is 10.1. The van der Waals surface area contributed by atoms with Crippen LogP contribution in [0.15, 0.2) is 90.5 Å². The second-order valence-corrected chi connectivity index (χ2v) is 7.20. The minimum Gasteiger partial charge on any atom is -0.489 e. The molecule has 0 bridgehead atoms. The molecule has 162 valence electrons. The fourth-order valence-corrected chi connectivity index (χ4v) is 2.83. The molecule has 6 heteroatoms. The molecule has 0 saturated heterocycles.